The zero-order valence-electron chi connectivity index (χ0n) is 11.6. The molecule has 1 unspecified atom stereocenters. The average molecular weight is 288 g/mol. The molecule has 1 amide bonds. The Hall–Kier alpha value is -1.56. The minimum absolute atomic E-state index is 0.0548. The van der Waals surface area contributed by atoms with Crippen LogP contribution in [0.25, 0.3) is 0 Å². The molecular weight excluding hydrogens is 269 g/mol. The highest BCUT2D eigenvalue weighted by molar-refractivity contribution is 5.88. The summed E-state index contributed by atoms with van der Waals surface area (Å²) in [6, 6.07) is 7.17. The fourth-order valence-corrected chi connectivity index (χ4v) is 1.81. The minimum Gasteiger partial charge on any atom is -0.326 e. The molecule has 1 aromatic carbocycles. The van der Waals surface area contributed by atoms with Crippen molar-refractivity contribution in [2.24, 2.45) is 0 Å². The maximum absolute atomic E-state index is 12.0. The first-order valence-electron chi connectivity index (χ1n) is 6.45. The van der Waals surface area contributed by atoms with Crippen molar-refractivity contribution in [3.8, 4) is 0 Å². The number of benzene rings is 1. The molecule has 0 heterocycles. The highest BCUT2D eigenvalue weighted by atomic mass is 19.4. The van der Waals surface area contributed by atoms with Crippen molar-refractivity contribution < 1.29 is 18.0 Å². The van der Waals surface area contributed by atoms with Gasteiger partial charge in [-0.25, -0.2) is 0 Å². The Balaban J connectivity index is 2.46. The van der Waals surface area contributed by atoms with Crippen LogP contribution in [-0.4, -0.2) is 18.6 Å². The molecule has 20 heavy (non-hydrogen) atoms. The normalized spacial score (nSPS) is 13.1. The van der Waals surface area contributed by atoms with E-state index >= 15 is 0 Å². The van der Waals surface area contributed by atoms with Crippen LogP contribution in [0.1, 0.15) is 38.3 Å². The molecule has 1 rings (SSSR count). The van der Waals surface area contributed by atoms with Crippen LogP contribution in [0.3, 0.4) is 0 Å². The van der Waals surface area contributed by atoms with Crippen molar-refractivity contribution in [1.29, 1.82) is 0 Å². The van der Waals surface area contributed by atoms with E-state index in [1.165, 1.54) is 6.92 Å². The summed E-state index contributed by atoms with van der Waals surface area (Å²) >= 11 is 0. The molecule has 0 spiro atoms. The molecule has 0 aliphatic heterocycles. The van der Waals surface area contributed by atoms with E-state index in [2.05, 4.69) is 10.6 Å². The number of carbonyl (C=O) groups is 1. The van der Waals surface area contributed by atoms with E-state index < -0.39 is 12.6 Å². The second-order valence-electron chi connectivity index (χ2n) is 4.70. The maximum Gasteiger partial charge on any atom is 0.389 e. The van der Waals surface area contributed by atoms with Crippen LogP contribution in [0.4, 0.5) is 18.9 Å². The Morgan fingerprint density at radius 2 is 2.05 bits per heavy atom. The van der Waals surface area contributed by atoms with E-state index in [0.717, 1.165) is 5.56 Å². The van der Waals surface area contributed by atoms with Gasteiger partial charge in [0.15, 0.2) is 0 Å². The van der Waals surface area contributed by atoms with E-state index in [9.17, 15) is 18.0 Å². The van der Waals surface area contributed by atoms with Gasteiger partial charge in [0.05, 0.1) is 0 Å². The van der Waals surface area contributed by atoms with Crippen LogP contribution in [0.2, 0.25) is 0 Å². The number of carbonyl (C=O) groups excluding carboxylic acids is 1. The minimum atomic E-state index is -4.10. The zero-order valence-corrected chi connectivity index (χ0v) is 11.6. The van der Waals surface area contributed by atoms with E-state index in [0.29, 0.717) is 12.2 Å². The summed E-state index contributed by atoms with van der Waals surface area (Å²) in [5.74, 6) is -0.159. The summed E-state index contributed by atoms with van der Waals surface area (Å²) in [6.07, 6.45) is -4.83. The lowest BCUT2D eigenvalue weighted by atomic mass is 10.1. The third kappa shape index (κ3) is 6.56. The Bertz CT molecular complexity index is 446. The molecule has 0 bridgehead atoms. The highest BCUT2D eigenvalue weighted by Crippen LogP contribution is 2.21. The lowest BCUT2D eigenvalue weighted by molar-refractivity contribution is -0.135. The fourth-order valence-electron chi connectivity index (χ4n) is 1.81. The van der Waals surface area contributed by atoms with Gasteiger partial charge in [0, 0.05) is 25.1 Å². The highest BCUT2D eigenvalue weighted by Gasteiger charge is 2.25. The molecule has 1 atom stereocenters. The van der Waals surface area contributed by atoms with E-state index in [4.69, 9.17) is 0 Å². The molecule has 3 nitrogen and oxygen atoms in total. The molecule has 0 saturated carbocycles. The molecule has 1 aromatic rings. The van der Waals surface area contributed by atoms with Gasteiger partial charge in [0.1, 0.15) is 0 Å². The second-order valence-corrected chi connectivity index (χ2v) is 4.70. The number of hydrogen-bond acceptors (Lipinski definition) is 2. The van der Waals surface area contributed by atoms with Gasteiger partial charge in [0.2, 0.25) is 5.91 Å². The van der Waals surface area contributed by atoms with Gasteiger partial charge in [-0.2, -0.15) is 13.2 Å². The van der Waals surface area contributed by atoms with Crippen LogP contribution < -0.4 is 10.6 Å². The van der Waals surface area contributed by atoms with E-state index in [1.54, 1.807) is 12.1 Å². The van der Waals surface area contributed by atoms with Crippen LogP contribution >= 0.6 is 0 Å². The number of anilines is 1. The monoisotopic (exact) mass is 288 g/mol. The van der Waals surface area contributed by atoms with Gasteiger partial charge in [-0.15, -0.1) is 0 Å². The van der Waals surface area contributed by atoms with Crippen LogP contribution in [0.5, 0.6) is 0 Å². The average Bonchev–Trinajstić information content (AvgIpc) is 2.32. The number of alkyl halides is 3. The lowest BCUT2D eigenvalue weighted by Gasteiger charge is -2.16. The van der Waals surface area contributed by atoms with Crippen LogP contribution in [-0.2, 0) is 4.79 Å². The molecule has 0 radical (unpaired) electrons. The first-order chi connectivity index (χ1) is 9.28. The van der Waals surface area contributed by atoms with Crippen molar-refractivity contribution >= 4 is 11.6 Å². The third-order valence-electron chi connectivity index (χ3n) is 2.79. The van der Waals surface area contributed by atoms with Crippen molar-refractivity contribution in [1.82, 2.24) is 5.32 Å². The summed E-state index contributed by atoms with van der Waals surface area (Å²) in [6.45, 7) is 3.59. The first-order valence-corrected chi connectivity index (χ1v) is 6.45. The number of hydrogen-bond donors (Lipinski definition) is 2. The van der Waals surface area contributed by atoms with Crippen molar-refractivity contribution in [2.75, 3.05) is 11.9 Å². The Kier molecular flexibility index (Phi) is 6.01. The molecule has 112 valence electrons. The van der Waals surface area contributed by atoms with Crippen molar-refractivity contribution in [2.45, 2.75) is 38.9 Å². The smallest absolute Gasteiger partial charge is 0.326 e. The standard InChI is InChI=1S/C14H19F3N2O/c1-10(18-8-4-7-14(15,16)17)12-5-3-6-13(9-12)19-11(2)20/h3,5-6,9-10,18H,4,7-8H2,1-2H3,(H,19,20). The Morgan fingerprint density at radius 3 is 2.65 bits per heavy atom. The molecule has 0 saturated heterocycles. The van der Waals surface area contributed by atoms with Crippen molar-refractivity contribution in [3.05, 3.63) is 29.8 Å². The number of nitrogens with one attached hydrogen (secondary N) is 2. The molecule has 6 heteroatoms. The Labute approximate surface area is 116 Å². The molecule has 2 N–H and O–H groups in total. The predicted molar refractivity (Wildman–Crippen MR) is 72.5 cm³/mol. The van der Waals surface area contributed by atoms with Gasteiger partial charge in [-0.05, 0) is 37.6 Å². The Morgan fingerprint density at radius 1 is 1.35 bits per heavy atom. The van der Waals surface area contributed by atoms with Crippen LogP contribution in [0, 0.1) is 0 Å². The number of halogens is 3. The van der Waals surface area contributed by atoms with Crippen molar-refractivity contribution in [3.63, 3.8) is 0 Å². The third-order valence-corrected chi connectivity index (χ3v) is 2.79. The zero-order chi connectivity index (χ0) is 15.2. The summed E-state index contributed by atoms with van der Waals surface area (Å²) in [5.41, 5.74) is 1.60. The van der Waals surface area contributed by atoms with E-state index in [-0.39, 0.29) is 18.4 Å². The molecular formula is C14H19F3N2O. The molecule has 0 aliphatic carbocycles. The number of rotatable bonds is 6. The van der Waals surface area contributed by atoms with Gasteiger partial charge >= 0.3 is 6.18 Å². The van der Waals surface area contributed by atoms with E-state index in [1.807, 2.05) is 19.1 Å². The second kappa shape index (κ2) is 7.28. The van der Waals surface area contributed by atoms with Gasteiger partial charge in [0.25, 0.3) is 0 Å². The van der Waals surface area contributed by atoms with Gasteiger partial charge < -0.3 is 10.6 Å². The topological polar surface area (TPSA) is 41.1 Å². The largest absolute Gasteiger partial charge is 0.389 e. The SMILES string of the molecule is CC(=O)Nc1cccc(C(C)NCCCC(F)(F)F)c1. The van der Waals surface area contributed by atoms with Gasteiger partial charge in [-0.3, -0.25) is 4.79 Å². The predicted octanol–water partition coefficient (Wildman–Crippen LogP) is 3.64. The summed E-state index contributed by atoms with van der Waals surface area (Å²) in [7, 11) is 0. The fraction of sp³-hybridized carbons (Fsp3) is 0.500. The first kappa shape index (κ1) is 16.5. The number of amides is 1. The molecule has 0 aromatic heterocycles. The summed E-state index contributed by atoms with van der Waals surface area (Å²) in [4.78, 5) is 11.0. The summed E-state index contributed by atoms with van der Waals surface area (Å²) < 4.78 is 36.0. The molecule has 0 fully saturated rings. The molecule has 0 aliphatic rings. The van der Waals surface area contributed by atoms with Gasteiger partial charge in [-0.1, -0.05) is 12.1 Å². The lowest BCUT2D eigenvalue weighted by Crippen LogP contribution is -2.21. The van der Waals surface area contributed by atoms with Crippen LogP contribution in [0.15, 0.2) is 24.3 Å². The quantitative estimate of drug-likeness (QED) is 0.785. The summed E-state index contributed by atoms with van der Waals surface area (Å²) in [5, 5.41) is 5.71. The maximum atomic E-state index is 12.0.